The Kier molecular flexibility index (Phi) is 5.80. The van der Waals surface area contributed by atoms with E-state index >= 15 is 0 Å². The molecular weight excluding hydrogens is 304 g/mol. The predicted molar refractivity (Wildman–Crippen MR) is 92.4 cm³/mol. The molecule has 2 heterocycles. The number of piperidine rings is 1. The van der Waals surface area contributed by atoms with Crippen molar-refractivity contribution in [3.63, 3.8) is 0 Å². The standard InChI is InChI=1S/C18H26N4O2/c23-17(18(24)21-15-4-3-9-19-13-15)20-12-14-7-10-22(11-8-14)16-5-1-2-6-16/h3-4,9,13-14,16H,1-2,5-8,10-12H2,(H,20,23)(H,21,24). The maximum absolute atomic E-state index is 11.9. The maximum atomic E-state index is 11.9. The number of hydrogen-bond donors (Lipinski definition) is 2. The van der Waals surface area contributed by atoms with E-state index in [1.165, 1.54) is 31.9 Å². The van der Waals surface area contributed by atoms with Gasteiger partial charge in [0.15, 0.2) is 0 Å². The molecule has 6 nitrogen and oxygen atoms in total. The Morgan fingerprint density at radius 1 is 1.12 bits per heavy atom. The van der Waals surface area contributed by atoms with Gasteiger partial charge in [0.1, 0.15) is 0 Å². The third kappa shape index (κ3) is 4.54. The van der Waals surface area contributed by atoms with Gasteiger partial charge in [-0.05, 0) is 56.8 Å². The van der Waals surface area contributed by atoms with E-state index in [0.717, 1.165) is 32.0 Å². The number of anilines is 1. The average molecular weight is 330 g/mol. The van der Waals surface area contributed by atoms with Crippen LogP contribution in [0.4, 0.5) is 5.69 Å². The summed E-state index contributed by atoms with van der Waals surface area (Å²) in [6.45, 7) is 2.82. The predicted octanol–water partition coefficient (Wildman–Crippen LogP) is 1.79. The molecule has 0 unspecified atom stereocenters. The lowest BCUT2D eigenvalue weighted by Gasteiger charge is -2.36. The minimum atomic E-state index is -0.633. The topological polar surface area (TPSA) is 74.3 Å². The van der Waals surface area contributed by atoms with Gasteiger partial charge in [-0.1, -0.05) is 12.8 Å². The molecule has 0 bridgehead atoms. The van der Waals surface area contributed by atoms with Gasteiger partial charge in [0.25, 0.3) is 0 Å². The molecule has 130 valence electrons. The van der Waals surface area contributed by atoms with Gasteiger partial charge in [0, 0.05) is 18.8 Å². The number of carbonyl (C=O) groups excluding carboxylic acids is 2. The van der Waals surface area contributed by atoms with Gasteiger partial charge in [-0.3, -0.25) is 14.6 Å². The Hall–Kier alpha value is -1.95. The second kappa shape index (κ2) is 8.24. The molecule has 0 radical (unpaired) electrons. The molecule has 0 spiro atoms. The van der Waals surface area contributed by atoms with E-state index in [1.807, 2.05) is 0 Å². The molecule has 2 aliphatic rings. The highest BCUT2D eigenvalue weighted by molar-refractivity contribution is 6.39. The molecule has 0 aromatic carbocycles. The van der Waals surface area contributed by atoms with Crippen LogP contribution in [0, 0.1) is 5.92 Å². The van der Waals surface area contributed by atoms with Crippen LogP contribution >= 0.6 is 0 Å². The molecule has 1 aliphatic heterocycles. The van der Waals surface area contributed by atoms with Crippen molar-refractivity contribution in [2.75, 3.05) is 25.0 Å². The first-order valence-electron chi connectivity index (χ1n) is 8.95. The number of nitrogens with zero attached hydrogens (tertiary/aromatic N) is 2. The molecule has 2 amide bonds. The van der Waals surface area contributed by atoms with Crippen molar-refractivity contribution < 1.29 is 9.59 Å². The average Bonchev–Trinajstić information content (AvgIpc) is 3.15. The molecular formula is C18H26N4O2. The van der Waals surface area contributed by atoms with Crippen molar-refractivity contribution in [3.05, 3.63) is 24.5 Å². The Balaban J connectivity index is 1.36. The SMILES string of the molecule is O=C(NCC1CCN(C2CCCC2)CC1)C(=O)Nc1cccnc1. The van der Waals surface area contributed by atoms with Gasteiger partial charge in [-0.15, -0.1) is 0 Å². The normalized spacial score (nSPS) is 20.0. The number of amides is 2. The maximum Gasteiger partial charge on any atom is 0.313 e. The van der Waals surface area contributed by atoms with Gasteiger partial charge in [0.05, 0.1) is 11.9 Å². The van der Waals surface area contributed by atoms with E-state index in [2.05, 4.69) is 20.5 Å². The fourth-order valence-electron chi connectivity index (χ4n) is 3.73. The molecule has 24 heavy (non-hydrogen) atoms. The first-order valence-corrected chi connectivity index (χ1v) is 8.95. The molecule has 1 aromatic heterocycles. The van der Waals surface area contributed by atoms with Crippen molar-refractivity contribution in [1.82, 2.24) is 15.2 Å². The number of pyridine rings is 1. The monoisotopic (exact) mass is 330 g/mol. The van der Waals surface area contributed by atoms with Crippen LogP contribution in [0.15, 0.2) is 24.5 Å². The number of likely N-dealkylation sites (tertiary alicyclic amines) is 1. The fourth-order valence-corrected chi connectivity index (χ4v) is 3.73. The first-order chi connectivity index (χ1) is 11.7. The van der Waals surface area contributed by atoms with Crippen LogP contribution in [0.3, 0.4) is 0 Å². The van der Waals surface area contributed by atoms with Crippen LogP contribution in [0.25, 0.3) is 0 Å². The highest BCUT2D eigenvalue weighted by Gasteiger charge is 2.27. The number of rotatable bonds is 4. The highest BCUT2D eigenvalue weighted by atomic mass is 16.2. The summed E-state index contributed by atoms with van der Waals surface area (Å²) in [5.74, 6) is -0.735. The molecule has 1 aromatic rings. The number of aromatic nitrogens is 1. The summed E-state index contributed by atoms with van der Waals surface area (Å²) in [5.41, 5.74) is 0.530. The van der Waals surface area contributed by atoms with Crippen LogP contribution in [0.5, 0.6) is 0 Å². The smallest absolute Gasteiger partial charge is 0.313 e. The minimum Gasteiger partial charge on any atom is -0.348 e. The Morgan fingerprint density at radius 2 is 1.88 bits per heavy atom. The summed E-state index contributed by atoms with van der Waals surface area (Å²) in [7, 11) is 0. The zero-order valence-corrected chi connectivity index (χ0v) is 14.0. The van der Waals surface area contributed by atoms with E-state index in [-0.39, 0.29) is 0 Å². The van der Waals surface area contributed by atoms with E-state index in [9.17, 15) is 9.59 Å². The van der Waals surface area contributed by atoms with Crippen LogP contribution in [0.1, 0.15) is 38.5 Å². The largest absolute Gasteiger partial charge is 0.348 e. The van der Waals surface area contributed by atoms with Crippen molar-refractivity contribution in [1.29, 1.82) is 0 Å². The summed E-state index contributed by atoms with van der Waals surface area (Å²) in [6.07, 6.45) is 10.8. The minimum absolute atomic E-state index is 0.470. The summed E-state index contributed by atoms with van der Waals surface area (Å²) in [6, 6.07) is 4.20. The number of carbonyl (C=O) groups is 2. The molecule has 2 N–H and O–H groups in total. The van der Waals surface area contributed by atoms with Crippen molar-refractivity contribution in [2.45, 2.75) is 44.6 Å². The Morgan fingerprint density at radius 3 is 2.54 bits per heavy atom. The second-order valence-electron chi connectivity index (χ2n) is 6.82. The van der Waals surface area contributed by atoms with Gasteiger partial charge >= 0.3 is 11.8 Å². The highest BCUT2D eigenvalue weighted by Crippen LogP contribution is 2.27. The molecule has 1 saturated carbocycles. The lowest BCUT2D eigenvalue weighted by atomic mass is 9.95. The molecule has 1 saturated heterocycles. The number of nitrogens with one attached hydrogen (secondary N) is 2. The third-order valence-electron chi connectivity index (χ3n) is 5.17. The quantitative estimate of drug-likeness (QED) is 0.826. The van der Waals surface area contributed by atoms with Crippen LogP contribution in [0.2, 0.25) is 0 Å². The van der Waals surface area contributed by atoms with Crippen LogP contribution in [-0.2, 0) is 9.59 Å². The van der Waals surface area contributed by atoms with Crippen molar-refractivity contribution in [2.24, 2.45) is 5.92 Å². The molecule has 1 aliphatic carbocycles. The van der Waals surface area contributed by atoms with Crippen LogP contribution in [-0.4, -0.2) is 47.4 Å². The van der Waals surface area contributed by atoms with Gasteiger partial charge in [0.2, 0.25) is 0 Å². The van der Waals surface area contributed by atoms with Gasteiger partial charge < -0.3 is 15.5 Å². The van der Waals surface area contributed by atoms with Gasteiger partial charge in [-0.2, -0.15) is 0 Å². The Bertz CT molecular complexity index is 549. The lowest BCUT2D eigenvalue weighted by Crippen LogP contribution is -2.44. The fraction of sp³-hybridized carbons (Fsp3) is 0.611. The summed E-state index contributed by atoms with van der Waals surface area (Å²) < 4.78 is 0. The Labute approximate surface area is 143 Å². The molecule has 6 heteroatoms. The molecule has 2 fully saturated rings. The third-order valence-corrected chi connectivity index (χ3v) is 5.17. The zero-order valence-electron chi connectivity index (χ0n) is 14.0. The van der Waals surface area contributed by atoms with E-state index < -0.39 is 11.8 Å². The van der Waals surface area contributed by atoms with Crippen molar-refractivity contribution >= 4 is 17.5 Å². The summed E-state index contributed by atoms with van der Waals surface area (Å²) in [4.78, 5) is 30.3. The van der Waals surface area contributed by atoms with Gasteiger partial charge in [-0.25, -0.2) is 0 Å². The number of hydrogen-bond acceptors (Lipinski definition) is 4. The summed E-state index contributed by atoms with van der Waals surface area (Å²) in [5, 5.41) is 5.32. The zero-order chi connectivity index (χ0) is 16.8. The van der Waals surface area contributed by atoms with Crippen molar-refractivity contribution in [3.8, 4) is 0 Å². The first kappa shape index (κ1) is 16.9. The van der Waals surface area contributed by atoms with E-state index in [4.69, 9.17) is 0 Å². The lowest BCUT2D eigenvalue weighted by molar-refractivity contribution is -0.136. The van der Waals surface area contributed by atoms with E-state index in [0.29, 0.717) is 18.2 Å². The molecule has 3 rings (SSSR count). The van der Waals surface area contributed by atoms with E-state index in [1.54, 1.807) is 18.3 Å². The van der Waals surface area contributed by atoms with Crippen LogP contribution < -0.4 is 10.6 Å². The second-order valence-corrected chi connectivity index (χ2v) is 6.82. The molecule has 0 atom stereocenters. The summed E-state index contributed by atoms with van der Waals surface area (Å²) >= 11 is 0.